The van der Waals surface area contributed by atoms with Gasteiger partial charge in [0.1, 0.15) is 5.65 Å². The Hall–Kier alpha value is -2.48. The first-order valence-electron chi connectivity index (χ1n) is 8.74. The van der Waals surface area contributed by atoms with Gasteiger partial charge < -0.3 is 9.64 Å². The number of rotatable bonds is 3. The van der Waals surface area contributed by atoms with Crippen LogP contribution in [0.4, 0.5) is 0 Å². The largest absolute Gasteiger partial charge is 0.378 e. The molecule has 1 amide bonds. The molecule has 0 unspecified atom stereocenters. The molecule has 2 aromatic rings. The summed E-state index contributed by atoms with van der Waals surface area (Å²) in [6.07, 6.45) is 0.879. The zero-order chi connectivity index (χ0) is 19.0. The quantitative estimate of drug-likeness (QED) is 0.771. The number of aryl methyl sites for hydroxylation is 3. The maximum Gasteiger partial charge on any atom is 0.332 e. The number of hydrogen-bond acceptors (Lipinski definition) is 5. The fourth-order valence-corrected chi connectivity index (χ4v) is 3.51. The van der Waals surface area contributed by atoms with Crippen molar-refractivity contribution < 1.29 is 9.53 Å². The highest BCUT2D eigenvalue weighted by Crippen LogP contribution is 2.21. The van der Waals surface area contributed by atoms with E-state index in [4.69, 9.17) is 4.74 Å². The molecule has 8 nitrogen and oxygen atoms in total. The molecule has 0 spiro atoms. The number of fused-ring (bicyclic) bond motifs is 1. The lowest BCUT2D eigenvalue weighted by Crippen LogP contribution is -2.40. The van der Waals surface area contributed by atoms with Crippen LogP contribution < -0.4 is 11.2 Å². The van der Waals surface area contributed by atoms with Crippen molar-refractivity contribution in [2.75, 3.05) is 26.3 Å². The third kappa shape index (κ3) is 3.05. The molecule has 0 saturated carbocycles. The molecule has 1 aliphatic rings. The predicted molar refractivity (Wildman–Crippen MR) is 97.4 cm³/mol. The summed E-state index contributed by atoms with van der Waals surface area (Å²) in [6, 6.07) is 0. The summed E-state index contributed by atoms with van der Waals surface area (Å²) < 4.78 is 7.76. The van der Waals surface area contributed by atoms with Crippen LogP contribution in [0.1, 0.15) is 23.2 Å². The van der Waals surface area contributed by atoms with Crippen LogP contribution in [-0.4, -0.2) is 51.2 Å². The molecule has 2 aromatic heterocycles. The molecule has 1 aliphatic heterocycles. The summed E-state index contributed by atoms with van der Waals surface area (Å²) in [4.78, 5) is 43.4. The van der Waals surface area contributed by atoms with Crippen LogP contribution in [0.25, 0.3) is 11.0 Å². The lowest BCUT2D eigenvalue weighted by atomic mass is 9.99. The van der Waals surface area contributed by atoms with Crippen molar-refractivity contribution in [2.45, 2.75) is 26.7 Å². The maximum absolute atomic E-state index is 12.6. The number of nitrogens with zero attached hydrogens (tertiary/aromatic N) is 4. The number of carbonyl (C=O) groups excluding carboxylic acids is 1. The molecule has 0 aliphatic carbocycles. The molecule has 3 heterocycles. The predicted octanol–water partition coefficient (Wildman–Crippen LogP) is 0.0404. The minimum Gasteiger partial charge on any atom is -0.378 e. The lowest BCUT2D eigenvalue weighted by Gasteiger charge is -2.27. The van der Waals surface area contributed by atoms with Crippen LogP contribution in [0.5, 0.6) is 0 Å². The van der Waals surface area contributed by atoms with Crippen molar-refractivity contribution in [3.05, 3.63) is 37.7 Å². The van der Waals surface area contributed by atoms with Gasteiger partial charge in [-0.2, -0.15) is 0 Å². The van der Waals surface area contributed by atoms with Crippen LogP contribution in [0.15, 0.2) is 9.59 Å². The van der Waals surface area contributed by atoms with Gasteiger partial charge >= 0.3 is 5.69 Å². The number of aromatic nitrogens is 3. The van der Waals surface area contributed by atoms with Crippen molar-refractivity contribution in [1.82, 2.24) is 19.0 Å². The molecule has 0 atom stereocenters. The number of amides is 1. The van der Waals surface area contributed by atoms with Crippen molar-refractivity contribution in [3.63, 3.8) is 0 Å². The molecule has 140 valence electrons. The molecular weight excluding hydrogens is 336 g/mol. The second-order valence-corrected chi connectivity index (χ2v) is 6.70. The van der Waals surface area contributed by atoms with Crippen LogP contribution >= 0.6 is 0 Å². The van der Waals surface area contributed by atoms with Crippen LogP contribution in [0, 0.1) is 13.8 Å². The maximum atomic E-state index is 12.6. The smallest absolute Gasteiger partial charge is 0.332 e. The van der Waals surface area contributed by atoms with E-state index in [1.54, 1.807) is 7.05 Å². The Morgan fingerprint density at radius 2 is 1.77 bits per heavy atom. The Morgan fingerprint density at radius 3 is 2.42 bits per heavy atom. The van der Waals surface area contributed by atoms with E-state index in [9.17, 15) is 14.4 Å². The lowest BCUT2D eigenvalue weighted by molar-refractivity contribution is -0.135. The summed E-state index contributed by atoms with van der Waals surface area (Å²) in [5.74, 6) is 0.0839. The molecule has 0 aromatic carbocycles. The average molecular weight is 360 g/mol. The highest BCUT2D eigenvalue weighted by atomic mass is 16.5. The van der Waals surface area contributed by atoms with Crippen LogP contribution in [-0.2, 0) is 30.0 Å². The second kappa shape index (κ2) is 7.03. The van der Waals surface area contributed by atoms with Gasteiger partial charge in [0, 0.05) is 39.3 Å². The first-order valence-corrected chi connectivity index (χ1v) is 8.74. The van der Waals surface area contributed by atoms with E-state index in [-0.39, 0.29) is 11.5 Å². The first-order chi connectivity index (χ1) is 12.3. The van der Waals surface area contributed by atoms with Gasteiger partial charge in [-0.1, -0.05) is 0 Å². The van der Waals surface area contributed by atoms with Gasteiger partial charge in [-0.3, -0.25) is 18.7 Å². The number of ether oxygens (including phenoxy) is 1. The standard InChI is InChI=1S/C18H24N4O4/c1-11-13(5-6-14(23)22-7-9-26-10-8-22)12(2)19-16-15(11)17(24)21(4)18(25)20(16)3/h5-10H2,1-4H3. The Morgan fingerprint density at radius 1 is 1.12 bits per heavy atom. The molecule has 8 heteroatoms. The number of carbonyl (C=O) groups is 1. The fraction of sp³-hybridized carbons (Fsp3) is 0.556. The van der Waals surface area contributed by atoms with Crippen molar-refractivity contribution >= 4 is 16.9 Å². The van der Waals surface area contributed by atoms with E-state index >= 15 is 0 Å². The first kappa shape index (κ1) is 18.3. The van der Waals surface area contributed by atoms with Crippen molar-refractivity contribution in [2.24, 2.45) is 14.1 Å². The normalized spacial score (nSPS) is 14.8. The molecule has 0 radical (unpaired) electrons. The molecule has 26 heavy (non-hydrogen) atoms. The van der Waals surface area contributed by atoms with Crippen molar-refractivity contribution in [1.29, 1.82) is 0 Å². The van der Waals surface area contributed by atoms with Gasteiger partial charge in [0.2, 0.25) is 5.91 Å². The van der Waals surface area contributed by atoms with Crippen LogP contribution in [0.3, 0.4) is 0 Å². The summed E-state index contributed by atoms with van der Waals surface area (Å²) in [6.45, 7) is 6.10. The van der Waals surface area contributed by atoms with E-state index in [2.05, 4.69) is 4.98 Å². The Labute approximate surface area is 151 Å². The highest BCUT2D eigenvalue weighted by Gasteiger charge is 2.20. The van der Waals surface area contributed by atoms with Gasteiger partial charge in [-0.15, -0.1) is 0 Å². The molecule has 1 fully saturated rings. The van der Waals surface area contributed by atoms with E-state index in [1.807, 2.05) is 18.7 Å². The molecule has 3 rings (SSSR count). The third-order valence-electron chi connectivity index (χ3n) is 5.12. The van der Waals surface area contributed by atoms with Gasteiger partial charge in [0.25, 0.3) is 5.56 Å². The number of morpholine rings is 1. The third-order valence-corrected chi connectivity index (χ3v) is 5.12. The Balaban J connectivity index is 1.98. The van der Waals surface area contributed by atoms with Gasteiger partial charge in [-0.25, -0.2) is 9.78 Å². The summed E-state index contributed by atoms with van der Waals surface area (Å²) >= 11 is 0. The molecule has 0 N–H and O–H groups in total. The van der Waals surface area contributed by atoms with E-state index in [0.717, 1.165) is 21.4 Å². The van der Waals surface area contributed by atoms with Gasteiger partial charge in [0.15, 0.2) is 0 Å². The highest BCUT2D eigenvalue weighted by molar-refractivity contribution is 5.80. The van der Waals surface area contributed by atoms with Gasteiger partial charge in [0.05, 0.1) is 18.6 Å². The van der Waals surface area contributed by atoms with E-state index in [1.165, 1.54) is 11.6 Å². The Bertz CT molecular complexity index is 984. The minimum atomic E-state index is -0.399. The zero-order valence-corrected chi connectivity index (χ0v) is 15.7. The summed E-state index contributed by atoms with van der Waals surface area (Å²) in [5.41, 5.74) is 2.07. The monoisotopic (exact) mass is 360 g/mol. The SMILES string of the molecule is Cc1nc2c(c(C)c1CCC(=O)N1CCOCC1)c(=O)n(C)c(=O)n2C. The number of hydrogen-bond donors (Lipinski definition) is 0. The summed E-state index contributed by atoms with van der Waals surface area (Å²) in [7, 11) is 3.07. The van der Waals surface area contributed by atoms with Gasteiger partial charge in [-0.05, 0) is 31.4 Å². The van der Waals surface area contributed by atoms with E-state index in [0.29, 0.717) is 50.2 Å². The molecule has 0 bridgehead atoms. The molecular formula is C18H24N4O4. The molecule has 1 saturated heterocycles. The number of pyridine rings is 1. The van der Waals surface area contributed by atoms with Crippen molar-refractivity contribution in [3.8, 4) is 0 Å². The Kier molecular flexibility index (Phi) is 4.95. The minimum absolute atomic E-state index is 0.0839. The topological polar surface area (TPSA) is 86.4 Å². The zero-order valence-electron chi connectivity index (χ0n) is 15.7. The van der Waals surface area contributed by atoms with E-state index < -0.39 is 5.69 Å². The fourth-order valence-electron chi connectivity index (χ4n) is 3.51. The van der Waals surface area contributed by atoms with Crippen LogP contribution in [0.2, 0.25) is 0 Å². The second-order valence-electron chi connectivity index (χ2n) is 6.70. The summed E-state index contributed by atoms with van der Waals surface area (Å²) in [5, 5.41) is 0.439. The average Bonchev–Trinajstić information content (AvgIpc) is 2.64.